The summed E-state index contributed by atoms with van der Waals surface area (Å²) in [5.41, 5.74) is 4.57. The van der Waals surface area contributed by atoms with Crippen molar-refractivity contribution in [1.82, 2.24) is 9.55 Å². The third-order valence-corrected chi connectivity index (χ3v) is 13.4. The van der Waals surface area contributed by atoms with E-state index in [1.165, 1.54) is 31.7 Å². The highest BCUT2D eigenvalue weighted by Crippen LogP contribution is 2.60. The Morgan fingerprint density at radius 1 is 0.740 bits per heavy atom. The van der Waals surface area contributed by atoms with Crippen LogP contribution in [0.1, 0.15) is 142 Å². The van der Waals surface area contributed by atoms with Crippen molar-refractivity contribution in [2.24, 2.45) is 0 Å². The lowest BCUT2D eigenvalue weighted by Gasteiger charge is -2.21. The predicted octanol–water partition coefficient (Wildman–Crippen LogP) is 9.41. The number of carbonyl (C=O) groups excluding carboxylic acids is 2. The second kappa shape index (κ2) is 39.1. The summed E-state index contributed by atoms with van der Waals surface area (Å²) in [6, 6.07) is 1.24. The first-order chi connectivity index (χ1) is 35.1. The van der Waals surface area contributed by atoms with Crippen molar-refractivity contribution in [3.05, 3.63) is 120 Å². The topological polar surface area (TPSA) is 286 Å². The molecule has 0 aromatic carbocycles. The third-order valence-electron chi connectivity index (χ3n) is 10.8. The van der Waals surface area contributed by atoms with Crippen LogP contribution in [0.5, 0.6) is 0 Å². The van der Waals surface area contributed by atoms with Gasteiger partial charge in [-0.25, -0.2) is 13.9 Å². The molecule has 0 aliphatic carbocycles. The van der Waals surface area contributed by atoms with Gasteiger partial charge in [-0.3, -0.25) is 23.2 Å². The van der Waals surface area contributed by atoms with Crippen LogP contribution in [0.4, 0.5) is 5.82 Å². The van der Waals surface area contributed by atoms with E-state index in [1.54, 1.807) is 12.2 Å². The highest BCUT2D eigenvalue weighted by atomic mass is 31.3. The number of ether oxygens (including phenoxy) is 3. The minimum absolute atomic E-state index is 0.0802. The van der Waals surface area contributed by atoms with E-state index in [9.17, 15) is 48.6 Å². The van der Waals surface area contributed by atoms with Gasteiger partial charge in [0.05, 0.1) is 19.3 Å². The molecule has 0 bridgehead atoms. The number of hydrogen-bond acceptors (Lipinski definition) is 16. The number of phosphoric ester groups is 2. The highest BCUT2D eigenvalue weighted by molar-refractivity contribution is 7.61. The van der Waals surface area contributed by atoms with Gasteiger partial charge >= 0.3 is 33.3 Å². The summed E-state index contributed by atoms with van der Waals surface area (Å²) in [6.07, 6.45) is 39.7. The van der Waals surface area contributed by atoms with Crippen LogP contribution in [0.2, 0.25) is 0 Å². The van der Waals surface area contributed by atoms with Crippen LogP contribution < -0.4 is 11.4 Å². The van der Waals surface area contributed by atoms with E-state index >= 15 is 0 Å². The fourth-order valence-electron chi connectivity index (χ4n) is 6.82. The fraction of sp³-hybridized carbons (Fsp3) is 0.577. The Morgan fingerprint density at radius 2 is 1.36 bits per heavy atom. The SMILES string of the molecule is CC/C=C\CC(O)/C=C/C=C/C/C=C\C/C=C\C/C=C\CCC(=O)O[C@H](COC(=O)CCCCCCC/C=C\C=C/CCCCCC)COP(=O)(O)OP(=O)(O)OC[C@H]1O[C@@H](n2ccc(N)nc2=O)[C@H](O)[C@@H]1O. The lowest BCUT2D eigenvalue weighted by atomic mass is 10.1. The van der Waals surface area contributed by atoms with Crippen LogP contribution >= 0.6 is 15.6 Å². The Bertz CT molecular complexity index is 2120. The number of rotatable bonds is 40. The molecule has 0 radical (unpaired) electrons. The largest absolute Gasteiger partial charge is 0.481 e. The monoisotopic (exact) mass is 1070 g/mol. The highest BCUT2D eigenvalue weighted by Gasteiger charge is 2.46. The number of aliphatic hydroxyl groups excluding tert-OH is 3. The van der Waals surface area contributed by atoms with Gasteiger partial charge in [-0.2, -0.15) is 9.29 Å². The summed E-state index contributed by atoms with van der Waals surface area (Å²) in [7, 11) is -10.9. The number of nitrogens with zero attached hydrogens (tertiary/aromatic N) is 2. The summed E-state index contributed by atoms with van der Waals surface area (Å²) in [5.74, 6) is -1.45. The average molecular weight is 1070 g/mol. The molecule has 0 amide bonds. The van der Waals surface area contributed by atoms with E-state index < -0.39 is 89.8 Å². The van der Waals surface area contributed by atoms with E-state index in [2.05, 4.69) is 40.5 Å². The Morgan fingerprint density at radius 3 is 2.03 bits per heavy atom. The van der Waals surface area contributed by atoms with Crippen molar-refractivity contribution in [2.45, 2.75) is 173 Å². The zero-order chi connectivity index (χ0) is 53.6. The maximum absolute atomic E-state index is 12.8. The van der Waals surface area contributed by atoms with Crippen LogP contribution in [0.3, 0.4) is 0 Å². The number of phosphoric acid groups is 2. The number of allylic oxidation sites excluding steroid dienone is 14. The molecule has 410 valence electrons. The number of aliphatic hydroxyl groups is 3. The molecule has 2 heterocycles. The second-order valence-corrected chi connectivity index (χ2v) is 20.2. The average Bonchev–Trinajstić information content (AvgIpc) is 3.62. The van der Waals surface area contributed by atoms with Gasteiger partial charge in [-0.05, 0) is 76.7 Å². The smallest absolute Gasteiger partial charge is 0.462 e. The summed E-state index contributed by atoms with van der Waals surface area (Å²) in [4.78, 5) is 61.9. The molecule has 1 aliphatic rings. The second-order valence-electron chi connectivity index (χ2n) is 17.2. The number of unbranched alkanes of at least 4 members (excludes halogenated alkanes) is 9. The zero-order valence-corrected chi connectivity index (χ0v) is 44.3. The molecule has 1 saturated heterocycles. The first-order valence-corrected chi connectivity index (χ1v) is 28.4. The Hall–Kier alpha value is -4.36. The van der Waals surface area contributed by atoms with Gasteiger partial charge < -0.3 is 45.1 Å². The van der Waals surface area contributed by atoms with Crippen molar-refractivity contribution in [2.75, 3.05) is 25.6 Å². The summed E-state index contributed by atoms with van der Waals surface area (Å²) in [5, 5.41) is 30.8. The van der Waals surface area contributed by atoms with Crippen molar-refractivity contribution in [1.29, 1.82) is 0 Å². The first-order valence-electron chi connectivity index (χ1n) is 25.4. The number of hydrogen-bond donors (Lipinski definition) is 6. The molecule has 73 heavy (non-hydrogen) atoms. The normalized spacial score (nSPS) is 20.2. The van der Waals surface area contributed by atoms with Crippen LogP contribution in [0, 0.1) is 0 Å². The van der Waals surface area contributed by atoms with Gasteiger partial charge in [0.15, 0.2) is 12.3 Å². The van der Waals surface area contributed by atoms with Gasteiger partial charge in [0.25, 0.3) is 0 Å². The Balaban J connectivity index is 1.86. The quantitative estimate of drug-likeness (QED) is 0.0117. The van der Waals surface area contributed by atoms with E-state index in [0.717, 1.165) is 68.6 Å². The third kappa shape index (κ3) is 31.9. The van der Waals surface area contributed by atoms with E-state index in [1.807, 2.05) is 67.7 Å². The maximum Gasteiger partial charge on any atom is 0.481 e. The number of carbonyl (C=O) groups is 2. The van der Waals surface area contributed by atoms with Gasteiger partial charge in [-0.1, -0.05) is 150 Å². The molecular formula is C52H81N3O16P2. The molecule has 21 heteroatoms. The standard InChI is InChI=1S/C52H81N3O16P2/c1-3-5-7-8-9-10-11-12-13-16-19-22-25-28-32-36-47(57)66-40-44(69-48(58)37-33-29-26-23-20-17-14-15-18-21-24-27-31-35-43(56)34-30-6-4-2)41-67-72(62,63)71-73(64,65)68-42-45-49(59)50(60)51(70-45)55-39-38-46(53)54-52(55)61/h6,10-13,15,17-18,20,24,26-27,29-31,35,38-39,43-45,49-51,56,59-60H,3-5,7-9,14,16,19,21-23,25,28,32-34,36-37,40-42H2,1-2H3,(H,62,63)(H,64,65)(H2,53,54,61)/b11-10-,13-12-,18-15-,20-17-,27-24+,29-26-,30-6-,35-31+/t43?,44-,45-,49-,50-,51-/m1/s1. The zero-order valence-electron chi connectivity index (χ0n) is 42.5. The molecule has 1 aliphatic heterocycles. The minimum atomic E-state index is -5.46. The molecule has 1 aromatic heterocycles. The molecule has 19 nitrogen and oxygen atoms in total. The molecular weight excluding hydrogens is 985 g/mol. The van der Waals surface area contributed by atoms with Gasteiger partial charge in [-0.15, -0.1) is 0 Å². The lowest BCUT2D eigenvalue weighted by Crippen LogP contribution is -2.36. The summed E-state index contributed by atoms with van der Waals surface area (Å²) < 4.78 is 56.6. The van der Waals surface area contributed by atoms with Crippen molar-refractivity contribution >= 4 is 33.4 Å². The van der Waals surface area contributed by atoms with Crippen molar-refractivity contribution in [3.8, 4) is 0 Å². The van der Waals surface area contributed by atoms with Gasteiger partial charge in [0.1, 0.15) is 30.7 Å². The molecule has 1 fully saturated rings. The Labute approximate surface area is 431 Å². The van der Waals surface area contributed by atoms with Crippen molar-refractivity contribution in [3.63, 3.8) is 0 Å². The number of esters is 2. The maximum atomic E-state index is 12.8. The van der Waals surface area contributed by atoms with E-state index in [0.29, 0.717) is 19.3 Å². The molecule has 1 aromatic rings. The number of nitrogens with two attached hydrogens (primary N) is 1. The predicted molar refractivity (Wildman–Crippen MR) is 281 cm³/mol. The fourth-order valence-corrected chi connectivity index (χ4v) is 8.93. The minimum Gasteiger partial charge on any atom is -0.462 e. The van der Waals surface area contributed by atoms with Crippen LogP contribution in [-0.4, -0.2) is 96.9 Å². The number of anilines is 1. The van der Waals surface area contributed by atoms with Crippen LogP contribution in [-0.2, 0) is 46.3 Å². The molecule has 0 saturated carbocycles. The molecule has 3 unspecified atom stereocenters. The van der Waals surface area contributed by atoms with E-state index in [4.69, 9.17) is 29.0 Å². The summed E-state index contributed by atoms with van der Waals surface area (Å²) in [6.45, 7) is 1.82. The number of nitrogen functional groups attached to an aromatic ring is 1. The molecule has 7 N–H and O–H groups in total. The molecule has 8 atom stereocenters. The Kier molecular flexibility index (Phi) is 34.7. The van der Waals surface area contributed by atoms with Gasteiger partial charge in [0.2, 0.25) is 0 Å². The molecule has 0 spiro atoms. The van der Waals surface area contributed by atoms with E-state index in [-0.39, 0.29) is 25.1 Å². The van der Waals surface area contributed by atoms with Gasteiger partial charge in [0, 0.05) is 19.0 Å². The summed E-state index contributed by atoms with van der Waals surface area (Å²) >= 11 is 0. The van der Waals surface area contributed by atoms with Crippen LogP contribution in [0.25, 0.3) is 0 Å². The first kappa shape index (κ1) is 64.8. The molecule has 2 rings (SSSR count). The lowest BCUT2D eigenvalue weighted by molar-refractivity contribution is -0.161. The van der Waals surface area contributed by atoms with Crippen molar-refractivity contribution < 1.29 is 71.4 Å². The number of aromatic nitrogens is 2. The van der Waals surface area contributed by atoms with Crippen LogP contribution in [0.15, 0.2) is 114 Å².